The van der Waals surface area contributed by atoms with Gasteiger partial charge in [-0.05, 0) is 76.2 Å². The Morgan fingerprint density at radius 1 is 0.641 bits per heavy atom. The van der Waals surface area contributed by atoms with Gasteiger partial charge in [-0.2, -0.15) is 4.57 Å². The number of pyridine rings is 1. The molecule has 6 rings (SSSR count). The van der Waals surface area contributed by atoms with Gasteiger partial charge in [0.25, 0.3) is 0 Å². The SMILES string of the molecule is Cc1c(-c2c3ccccc3cc[n+]2C)n(-c2c(C(C)C)cc(-c3ccccc3)cc2C(C)C)c2ccccc12. The van der Waals surface area contributed by atoms with Gasteiger partial charge in [-0.3, -0.25) is 0 Å². The lowest BCUT2D eigenvalue weighted by Gasteiger charge is -2.25. The number of para-hydroxylation sites is 1. The number of fused-ring (bicyclic) bond motifs is 2. The Labute approximate surface area is 232 Å². The van der Waals surface area contributed by atoms with E-state index in [2.05, 4.69) is 154 Å². The smallest absolute Gasteiger partial charge is 0.237 e. The molecule has 6 aromatic rings. The van der Waals surface area contributed by atoms with Crippen molar-refractivity contribution in [1.82, 2.24) is 4.57 Å². The van der Waals surface area contributed by atoms with Crippen LogP contribution < -0.4 is 4.57 Å². The third kappa shape index (κ3) is 4.15. The van der Waals surface area contributed by atoms with E-state index in [9.17, 15) is 0 Å². The molecule has 0 aliphatic carbocycles. The molecule has 2 nitrogen and oxygen atoms in total. The van der Waals surface area contributed by atoms with Gasteiger partial charge in [-0.1, -0.05) is 94.4 Å². The van der Waals surface area contributed by atoms with Crippen LogP contribution in [0.2, 0.25) is 0 Å². The van der Waals surface area contributed by atoms with Gasteiger partial charge in [0.2, 0.25) is 5.69 Å². The summed E-state index contributed by atoms with van der Waals surface area (Å²) in [6.07, 6.45) is 2.20. The van der Waals surface area contributed by atoms with Crippen molar-refractivity contribution in [2.45, 2.75) is 46.5 Å². The summed E-state index contributed by atoms with van der Waals surface area (Å²) in [7, 11) is 2.18. The third-order valence-electron chi connectivity index (χ3n) is 8.14. The van der Waals surface area contributed by atoms with Crippen LogP contribution in [0.5, 0.6) is 0 Å². The topological polar surface area (TPSA) is 8.81 Å². The van der Waals surface area contributed by atoms with Crippen molar-refractivity contribution in [2.24, 2.45) is 7.05 Å². The van der Waals surface area contributed by atoms with Crippen molar-refractivity contribution >= 4 is 21.7 Å². The van der Waals surface area contributed by atoms with E-state index in [1.807, 2.05) is 0 Å². The first-order chi connectivity index (χ1) is 18.9. The van der Waals surface area contributed by atoms with Crippen LogP contribution in [0.15, 0.2) is 103 Å². The summed E-state index contributed by atoms with van der Waals surface area (Å²) in [5.41, 5.74) is 11.7. The van der Waals surface area contributed by atoms with E-state index in [0.717, 1.165) is 0 Å². The molecule has 2 heterocycles. The number of hydrogen-bond donors (Lipinski definition) is 0. The van der Waals surface area contributed by atoms with E-state index in [1.165, 1.54) is 66.6 Å². The van der Waals surface area contributed by atoms with Crippen molar-refractivity contribution in [3.05, 3.63) is 120 Å². The van der Waals surface area contributed by atoms with Gasteiger partial charge >= 0.3 is 0 Å². The van der Waals surface area contributed by atoms with Gasteiger partial charge in [-0.25, -0.2) is 0 Å². The van der Waals surface area contributed by atoms with Crippen molar-refractivity contribution in [3.8, 4) is 28.2 Å². The van der Waals surface area contributed by atoms with Gasteiger partial charge in [-0.15, -0.1) is 0 Å². The van der Waals surface area contributed by atoms with E-state index in [0.29, 0.717) is 11.8 Å². The zero-order valence-electron chi connectivity index (χ0n) is 23.9. The van der Waals surface area contributed by atoms with Gasteiger partial charge in [0.15, 0.2) is 6.20 Å². The predicted octanol–water partition coefficient (Wildman–Crippen LogP) is 9.50. The van der Waals surface area contributed by atoms with Crippen molar-refractivity contribution in [1.29, 1.82) is 0 Å². The molecule has 0 bridgehead atoms. The van der Waals surface area contributed by atoms with Crippen molar-refractivity contribution < 1.29 is 4.57 Å². The molecule has 0 unspecified atom stereocenters. The summed E-state index contributed by atoms with van der Waals surface area (Å²) in [5, 5.41) is 3.83. The lowest BCUT2D eigenvalue weighted by Crippen LogP contribution is -2.31. The Kier molecular flexibility index (Phi) is 6.35. The van der Waals surface area contributed by atoms with E-state index in [4.69, 9.17) is 0 Å². The number of rotatable bonds is 5. The molecule has 0 radical (unpaired) electrons. The number of aryl methyl sites for hydroxylation is 2. The molecule has 2 heteroatoms. The quantitative estimate of drug-likeness (QED) is 0.205. The molecular weight excluding hydrogens is 472 g/mol. The lowest BCUT2D eigenvalue weighted by molar-refractivity contribution is -0.659. The van der Waals surface area contributed by atoms with Gasteiger partial charge in [0.05, 0.1) is 16.6 Å². The highest BCUT2D eigenvalue weighted by Crippen LogP contribution is 2.43. The minimum Gasteiger partial charge on any atom is -0.303 e. The van der Waals surface area contributed by atoms with Crippen LogP contribution in [-0.4, -0.2) is 4.57 Å². The van der Waals surface area contributed by atoms with Crippen LogP contribution in [0.25, 0.3) is 49.9 Å². The summed E-state index contributed by atoms with van der Waals surface area (Å²) in [5.74, 6) is 0.716. The minimum absolute atomic E-state index is 0.358. The standard InChI is InChI=1S/C37H37N2/c1-24(2)32-22-29(27-14-8-7-9-15-27)23-33(25(3)4)36(32)39-34-19-13-12-17-30(34)26(5)35(39)37-31-18-11-10-16-28(31)20-21-38(37)6/h7-25H,1-6H3/q+1. The maximum absolute atomic E-state index is 2.58. The predicted molar refractivity (Wildman–Crippen MR) is 166 cm³/mol. The second-order valence-corrected chi connectivity index (χ2v) is 11.4. The molecular formula is C37H37N2+. The molecule has 39 heavy (non-hydrogen) atoms. The molecule has 4 aromatic carbocycles. The second kappa shape index (κ2) is 9.85. The van der Waals surface area contributed by atoms with Crippen LogP contribution >= 0.6 is 0 Å². The number of hydrogen-bond acceptors (Lipinski definition) is 0. The highest BCUT2D eigenvalue weighted by Gasteiger charge is 2.29. The highest BCUT2D eigenvalue weighted by molar-refractivity contribution is 5.99. The molecule has 194 valence electrons. The van der Waals surface area contributed by atoms with E-state index in [-0.39, 0.29) is 0 Å². The van der Waals surface area contributed by atoms with Crippen LogP contribution in [-0.2, 0) is 7.05 Å². The third-order valence-corrected chi connectivity index (χ3v) is 8.14. The summed E-state index contributed by atoms with van der Waals surface area (Å²) < 4.78 is 4.87. The molecule has 0 saturated heterocycles. The molecule has 0 aliphatic rings. The molecule has 0 amide bonds. The van der Waals surface area contributed by atoms with E-state index >= 15 is 0 Å². The second-order valence-electron chi connectivity index (χ2n) is 11.4. The van der Waals surface area contributed by atoms with E-state index < -0.39 is 0 Å². The Morgan fingerprint density at radius 2 is 1.23 bits per heavy atom. The monoisotopic (exact) mass is 509 g/mol. The van der Waals surface area contributed by atoms with Crippen molar-refractivity contribution in [2.75, 3.05) is 0 Å². The normalized spacial score (nSPS) is 11.8. The maximum atomic E-state index is 2.58. The van der Waals surface area contributed by atoms with Crippen LogP contribution in [0.4, 0.5) is 0 Å². The summed E-state index contributed by atoms with van der Waals surface area (Å²) in [6.45, 7) is 11.6. The summed E-state index contributed by atoms with van der Waals surface area (Å²) >= 11 is 0. The molecule has 0 saturated carbocycles. The fourth-order valence-corrected chi connectivity index (χ4v) is 6.14. The summed E-state index contributed by atoms with van der Waals surface area (Å²) in [6, 6.07) is 35.5. The maximum Gasteiger partial charge on any atom is 0.237 e. The Balaban J connectivity index is 1.80. The molecule has 0 N–H and O–H groups in total. The molecule has 0 fully saturated rings. The zero-order valence-corrected chi connectivity index (χ0v) is 23.9. The van der Waals surface area contributed by atoms with Crippen LogP contribution in [0.3, 0.4) is 0 Å². The average molecular weight is 510 g/mol. The van der Waals surface area contributed by atoms with Crippen LogP contribution in [0.1, 0.15) is 56.2 Å². The number of aromatic nitrogens is 2. The number of nitrogens with zero attached hydrogens (tertiary/aromatic N) is 2. The van der Waals surface area contributed by atoms with Crippen molar-refractivity contribution in [3.63, 3.8) is 0 Å². The largest absolute Gasteiger partial charge is 0.303 e. The molecule has 0 spiro atoms. The first-order valence-corrected chi connectivity index (χ1v) is 14.1. The fourth-order valence-electron chi connectivity index (χ4n) is 6.14. The molecule has 0 atom stereocenters. The van der Waals surface area contributed by atoms with E-state index in [1.54, 1.807) is 0 Å². The Bertz CT molecular complexity index is 1790. The van der Waals surface area contributed by atoms with Gasteiger partial charge < -0.3 is 4.57 Å². The average Bonchev–Trinajstić information content (AvgIpc) is 3.24. The first-order valence-electron chi connectivity index (χ1n) is 14.1. The van der Waals surface area contributed by atoms with Gasteiger partial charge in [0.1, 0.15) is 12.7 Å². The van der Waals surface area contributed by atoms with Crippen LogP contribution in [0, 0.1) is 6.92 Å². The lowest BCUT2D eigenvalue weighted by atomic mass is 9.88. The minimum atomic E-state index is 0.358. The summed E-state index contributed by atoms with van der Waals surface area (Å²) in [4.78, 5) is 0. The molecule has 2 aromatic heterocycles. The zero-order chi connectivity index (χ0) is 27.3. The number of benzene rings is 4. The van der Waals surface area contributed by atoms with Gasteiger partial charge in [0, 0.05) is 11.5 Å². The Hall–Kier alpha value is -4.17. The Morgan fingerprint density at radius 3 is 1.90 bits per heavy atom. The highest BCUT2D eigenvalue weighted by atomic mass is 15.0. The fraction of sp³-hybridized carbons (Fsp3) is 0.216. The molecule has 0 aliphatic heterocycles. The first kappa shape index (κ1) is 25.1.